The van der Waals surface area contributed by atoms with Crippen molar-refractivity contribution in [2.45, 2.75) is 0 Å². The van der Waals surface area contributed by atoms with E-state index in [9.17, 15) is 0 Å². The van der Waals surface area contributed by atoms with Gasteiger partial charge in [0.05, 0.1) is 21.5 Å². The number of aromatic nitrogens is 3. The van der Waals surface area contributed by atoms with Gasteiger partial charge in [0, 0.05) is 11.3 Å². The van der Waals surface area contributed by atoms with E-state index in [2.05, 4.69) is 21.2 Å². The fourth-order valence-corrected chi connectivity index (χ4v) is 3.44. The summed E-state index contributed by atoms with van der Waals surface area (Å²) in [7, 11) is 0. The molecule has 0 aliphatic heterocycles. The molecular weight excluding hydrogens is 294 g/mol. The number of nitrogen functional groups attached to an aromatic ring is 2. The van der Waals surface area contributed by atoms with Crippen molar-refractivity contribution >= 4 is 33.1 Å². The molecule has 2 heterocycles. The third-order valence-electron chi connectivity index (χ3n) is 3.50. The Labute approximate surface area is 130 Å². The van der Waals surface area contributed by atoms with E-state index < -0.39 is 0 Å². The van der Waals surface area contributed by atoms with Crippen LogP contribution in [0.2, 0.25) is 0 Å². The fourth-order valence-electron chi connectivity index (χ4n) is 2.41. The molecule has 5 nitrogen and oxygen atoms in total. The quantitative estimate of drug-likeness (QED) is 0.494. The Morgan fingerprint density at radius 1 is 0.955 bits per heavy atom. The number of para-hydroxylation sites is 1. The molecule has 0 atom stereocenters. The van der Waals surface area contributed by atoms with Crippen molar-refractivity contribution in [3.05, 3.63) is 48.5 Å². The first-order valence-corrected chi connectivity index (χ1v) is 7.60. The lowest BCUT2D eigenvalue weighted by Crippen LogP contribution is -1.89. The second kappa shape index (κ2) is 4.85. The summed E-state index contributed by atoms with van der Waals surface area (Å²) in [6, 6.07) is 15.6. The number of rotatable bonds is 2. The maximum Gasteiger partial charge on any atom is 0.156 e. The van der Waals surface area contributed by atoms with Gasteiger partial charge in [-0.15, -0.1) is 11.3 Å². The third kappa shape index (κ3) is 2.01. The van der Waals surface area contributed by atoms with Gasteiger partial charge in [0.15, 0.2) is 5.82 Å². The van der Waals surface area contributed by atoms with Crippen molar-refractivity contribution in [3.8, 4) is 21.8 Å². The highest BCUT2D eigenvalue weighted by molar-refractivity contribution is 7.21. The molecule has 0 radical (unpaired) electrons. The largest absolute Gasteiger partial charge is 0.399 e. The van der Waals surface area contributed by atoms with Crippen LogP contribution in [0.3, 0.4) is 0 Å². The van der Waals surface area contributed by atoms with Gasteiger partial charge in [0.2, 0.25) is 0 Å². The standard InChI is InChI=1S/C16H13N5S/c17-10-7-5-9(6-8-10)14-13(15(18)21-20-14)16-19-11-3-1-2-4-12(11)22-16/h1-8H,17H2,(H3,18,20,21). The van der Waals surface area contributed by atoms with Crippen molar-refractivity contribution in [2.24, 2.45) is 0 Å². The smallest absolute Gasteiger partial charge is 0.156 e. The molecule has 0 unspecified atom stereocenters. The minimum Gasteiger partial charge on any atom is -0.399 e. The molecule has 5 N–H and O–H groups in total. The van der Waals surface area contributed by atoms with Crippen molar-refractivity contribution in [1.82, 2.24) is 15.2 Å². The topological polar surface area (TPSA) is 93.6 Å². The molecule has 22 heavy (non-hydrogen) atoms. The van der Waals surface area contributed by atoms with Crippen LogP contribution in [-0.4, -0.2) is 15.2 Å². The van der Waals surface area contributed by atoms with E-state index in [1.54, 1.807) is 11.3 Å². The summed E-state index contributed by atoms with van der Waals surface area (Å²) in [6.07, 6.45) is 0. The average molecular weight is 307 g/mol. The molecular formula is C16H13N5S. The Hall–Kier alpha value is -2.86. The lowest BCUT2D eigenvalue weighted by molar-refractivity contribution is 1.10. The van der Waals surface area contributed by atoms with Crippen molar-refractivity contribution in [1.29, 1.82) is 0 Å². The zero-order chi connectivity index (χ0) is 15.1. The van der Waals surface area contributed by atoms with Crippen LogP contribution in [0.1, 0.15) is 0 Å². The second-order valence-electron chi connectivity index (χ2n) is 4.97. The maximum atomic E-state index is 6.06. The van der Waals surface area contributed by atoms with Crippen LogP contribution in [0.15, 0.2) is 48.5 Å². The predicted octanol–water partition coefficient (Wildman–Crippen LogP) is 3.52. The summed E-state index contributed by atoms with van der Waals surface area (Å²) in [5.41, 5.74) is 16.2. The van der Waals surface area contributed by atoms with Gasteiger partial charge in [-0.25, -0.2) is 4.98 Å². The number of hydrogen-bond donors (Lipinski definition) is 3. The number of nitrogens with one attached hydrogen (secondary N) is 1. The highest BCUT2D eigenvalue weighted by atomic mass is 32.1. The number of nitrogens with two attached hydrogens (primary N) is 2. The SMILES string of the molecule is Nc1ccc(-c2[nH]nc(N)c2-c2nc3ccccc3s2)cc1. The minimum atomic E-state index is 0.450. The van der Waals surface area contributed by atoms with Gasteiger partial charge in [-0.2, -0.15) is 5.10 Å². The van der Waals surface area contributed by atoms with Crippen LogP contribution >= 0.6 is 11.3 Å². The molecule has 108 valence electrons. The lowest BCUT2D eigenvalue weighted by Gasteiger charge is -2.02. The van der Waals surface area contributed by atoms with Gasteiger partial charge in [0.25, 0.3) is 0 Å². The number of thiazole rings is 1. The van der Waals surface area contributed by atoms with Crippen molar-refractivity contribution in [3.63, 3.8) is 0 Å². The zero-order valence-electron chi connectivity index (χ0n) is 11.6. The van der Waals surface area contributed by atoms with Crippen LogP contribution < -0.4 is 11.5 Å². The molecule has 0 bridgehead atoms. The lowest BCUT2D eigenvalue weighted by atomic mass is 10.1. The van der Waals surface area contributed by atoms with E-state index in [1.807, 2.05) is 42.5 Å². The second-order valence-corrected chi connectivity index (χ2v) is 6.00. The molecule has 0 saturated heterocycles. The molecule has 0 aliphatic rings. The van der Waals surface area contributed by atoms with Crippen molar-refractivity contribution in [2.75, 3.05) is 11.5 Å². The molecule has 0 fully saturated rings. The highest BCUT2D eigenvalue weighted by Gasteiger charge is 2.18. The number of nitrogens with zero attached hydrogens (tertiary/aromatic N) is 2. The molecule has 2 aromatic heterocycles. The molecule has 0 amide bonds. The maximum absolute atomic E-state index is 6.06. The summed E-state index contributed by atoms with van der Waals surface area (Å²) in [4.78, 5) is 4.67. The predicted molar refractivity (Wildman–Crippen MR) is 91.5 cm³/mol. The van der Waals surface area contributed by atoms with E-state index in [0.717, 1.165) is 37.7 Å². The highest BCUT2D eigenvalue weighted by Crippen LogP contribution is 2.38. The van der Waals surface area contributed by atoms with Gasteiger partial charge in [-0.1, -0.05) is 24.3 Å². The van der Waals surface area contributed by atoms with E-state index in [4.69, 9.17) is 11.5 Å². The van der Waals surface area contributed by atoms with Crippen LogP contribution in [0.4, 0.5) is 11.5 Å². The summed E-state index contributed by atoms with van der Waals surface area (Å²) in [5.74, 6) is 0.450. The van der Waals surface area contributed by atoms with Crippen LogP contribution in [0.5, 0.6) is 0 Å². The Morgan fingerprint density at radius 3 is 2.50 bits per heavy atom. The Morgan fingerprint density at radius 2 is 1.73 bits per heavy atom. The number of benzene rings is 2. The Balaban J connectivity index is 1.91. The minimum absolute atomic E-state index is 0.450. The van der Waals surface area contributed by atoms with Gasteiger partial charge in [-0.05, 0) is 24.3 Å². The first-order chi connectivity index (χ1) is 10.7. The molecule has 0 spiro atoms. The third-order valence-corrected chi connectivity index (χ3v) is 4.56. The van der Waals surface area contributed by atoms with E-state index in [1.165, 1.54) is 0 Å². The molecule has 4 aromatic rings. The normalized spacial score (nSPS) is 11.1. The monoisotopic (exact) mass is 307 g/mol. The Bertz CT molecular complexity index is 919. The first kappa shape index (κ1) is 12.8. The van der Waals surface area contributed by atoms with Crippen LogP contribution in [-0.2, 0) is 0 Å². The number of fused-ring (bicyclic) bond motifs is 1. The molecule has 0 aliphatic carbocycles. The van der Waals surface area contributed by atoms with Crippen LogP contribution in [0, 0.1) is 0 Å². The average Bonchev–Trinajstić information content (AvgIpc) is 3.11. The number of H-pyrrole nitrogens is 1. The molecule has 2 aromatic carbocycles. The number of aromatic amines is 1. The van der Waals surface area contributed by atoms with Crippen LogP contribution in [0.25, 0.3) is 32.0 Å². The summed E-state index contributed by atoms with van der Waals surface area (Å²) < 4.78 is 1.13. The van der Waals surface area contributed by atoms with E-state index >= 15 is 0 Å². The van der Waals surface area contributed by atoms with Gasteiger partial charge >= 0.3 is 0 Å². The van der Waals surface area contributed by atoms with Gasteiger partial charge < -0.3 is 11.5 Å². The van der Waals surface area contributed by atoms with E-state index in [-0.39, 0.29) is 0 Å². The molecule has 6 heteroatoms. The van der Waals surface area contributed by atoms with Gasteiger partial charge in [0.1, 0.15) is 5.01 Å². The number of hydrogen-bond acceptors (Lipinski definition) is 5. The summed E-state index contributed by atoms with van der Waals surface area (Å²) in [6.45, 7) is 0. The Kier molecular flexibility index (Phi) is 2.83. The summed E-state index contributed by atoms with van der Waals surface area (Å²) in [5, 5.41) is 8.01. The first-order valence-electron chi connectivity index (χ1n) is 6.78. The zero-order valence-corrected chi connectivity index (χ0v) is 12.4. The fraction of sp³-hybridized carbons (Fsp3) is 0. The molecule has 0 saturated carbocycles. The van der Waals surface area contributed by atoms with Crippen molar-refractivity contribution < 1.29 is 0 Å². The molecule has 4 rings (SSSR count). The number of anilines is 2. The summed E-state index contributed by atoms with van der Waals surface area (Å²) >= 11 is 1.61. The van der Waals surface area contributed by atoms with E-state index in [0.29, 0.717) is 5.82 Å². The van der Waals surface area contributed by atoms with Gasteiger partial charge in [-0.3, -0.25) is 5.10 Å².